The lowest BCUT2D eigenvalue weighted by Gasteiger charge is -2.49. The van der Waals surface area contributed by atoms with Gasteiger partial charge in [-0.25, -0.2) is 0 Å². The molecule has 0 amide bonds. The summed E-state index contributed by atoms with van der Waals surface area (Å²) in [5.41, 5.74) is 2.91. The molecule has 0 spiro atoms. The first-order valence-electron chi connectivity index (χ1n) is 11.8. The molecule has 1 aromatic carbocycles. The number of Topliss-reactive ketones (excluding diaryl/α,β-unsaturated/α-hetero) is 1. The van der Waals surface area contributed by atoms with Crippen LogP contribution in [0.25, 0.3) is 0 Å². The van der Waals surface area contributed by atoms with Crippen molar-refractivity contribution in [2.75, 3.05) is 6.61 Å². The Kier molecular flexibility index (Phi) is 6.14. The maximum atomic E-state index is 12.7. The number of aryl methyl sites for hydroxylation is 1. The Morgan fingerprint density at radius 3 is 2.77 bits per heavy atom. The van der Waals surface area contributed by atoms with Crippen LogP contribution in [0.2, 0.25) is 0 Å². The summed E-state index contributed by atoms with van der Waals surface area (Å²) in [4.78, 5) is 23.5. The molecule has 3 unspecified atom stereocenters. The highest BCUT2D eigenvalue weighted by Gasteiger charge is 2.55. The van der Waals surface area contributed by atoms with Crippen molar-refractivity contribution in [3.8, 4) is 5.75 Å². The molecular weight excluding hydrogens is 392 g/mol. The van der Waals surface area contributed by atoms with Crippen LogP contribution in [0.4, 0.5) is 0 Å². The topological polar surface area (TPSA) is 83.8 Å². The summed E-state index contributed by atoms with van der Waals surface area (Å²) in [5, 5.41) is 19.9. The third-order valence-electron chi connectivity index (χ3n) is 8.01. The number of hydrogen-bond donors (Lipinski definition) is 2. The van der Waals surface area contributed by atoms with Crippen LogP contribution in [0.3, 0.4) is 0 Å². The Morgan fingerprint density at radius 1 is 1.23 bits per heavy atom. The molecule has 0 saturated heterocycles. The third kappa shape index (κ3) is 3.99. The minimum Gasteiger partial charge on any atom is -0.511 e. The lowest BCUT2D eigenvalue weighted by molar-refractivity contribution is -0.138. The second-order valence-corrected chi connectivity index (χ2v) is 9.78. The molecule has 0 radical (unpaired) electrons. The van der Waals surface area contributed by atoms with Gasteiger partial charge >= 0.3 is 5.97 Å². The Balaban J connectivity index is 1.52. The molecule has 31 heavy (non-hydrogen) atoms. The summed E-state index contributed by atoms with van der Waals surface area (Å²) in [6.07, 6.45) is 6.46. The predicted molar refractivity (Wildman–Crippen MR) is 118 cm³/mol. The van der Waals surface area contributed by atoms with Crippen LogP contribution in [0.1, 0.15) is 82.3 Å². The molecule has 2 N–H and O–H groups in total. The van der Waals surface area contributed by atoms with Crippen molar-refractivity contribution >= 4 is 11.8 Å². The van der Waals surface area contributed by atoms with E-state index in [0.717, 1.165) is 50.9 Å². The van der Waals surface area contributed by atoms with Crippen LogP contribution in [0.5, 0.6) is 5.75 Å². The fourth-order valence-electron chi connectivity index (χ4n) is 6.25. The van der Waals surface area contributed by atoms with E-state index in [-0.39, 0.29) is 35.7 Å². The van der Waals surface area contributed by atoms with Crippen molar-refractivity contribution in [1.82, 2.24) is 0 Å². The minimum atomic E-state index is -0.975. The van der Waals surface area contributed by atoms with E-state index in [1.165, 1.54) is 11.1 Å². The lowest BCUT2D eigenvalue weighted by atomic mass is 9.55. The predicted octanol–water partition coefficient (Wildman–Crippen LogP) is 5.58. The third-order valence-corrected chi connectivity index (χ3v) is 8.01. The van der Waals surface area contributed by atoms with Crippen molar-refractivity contribution in [3.63, 3.8) is 0 Å². The fourth-order valence-corrected chi connectivity index (χ4v) is 6.25. The summed E-state index contributed by atoms with van der Waals surface area (Å²) < 4.78 is 5.91. The zero-order chi connectivity index (χ0) is 22.2. The largest absolute Gasteiger partial charge is 0.511 e. The van der Waals surface area contributed by atoms with Gasteiger partial charge in [-0.1, -0.05) is 26.3 Å². The standard InChI is InChI=1S/C26H34O5/c1-3-4-13-31-17-6-8-18-16(14-17)5-7-20-19(18)11-12-26(2)22(20)15-21(25(26)30)23(27)9-10-24(28)29/h6,8,14,19-20,22,30H,3-5,7,9-13,15H2,1-2H3,(H,28,29)/t19?,20?,22?,26-/m0/s1. The summed E-state index contributed by atoms with van der Waals surface area (Å²) in [5.74, 6) is 1.14. The molecule has 4 atom stereocenters. The van der Waals surface area contributed by atoms with Gasteiger partial charge in [0.05, 0.1) is 13.0 Å². The van der Waals surface area contributed by atoms with E-state index in [2.05, 4.69) is 32.0 Å². The van der Waals surface area contributed by atoms with Gasteiger partial charge in [-0.3, -0.25) is 9.59 Å². The maximum Gasteiger partial charge on any atom is 0.303 e. The lowest BCUT2D eigenvalue weighted by Crippen LogP contribution is -2.41. The number of carboxylic acid groups (broad SMARTS) is 1. The molecule has 0 heterocycles. The average Bonchev–Trinajstić information content (AvgIpc) is 3.03. The van der Waals surface area contributed by atoms with Gasteiger partial charge in [0.25, 0.3) is 0 Å². The SMILES string of the molecule is CCCCOc1ccc2c(c1)CCC1C2CC[C@]2(C)C(O)=C(C(=O)CCC(=O)O)CC12. The van der Waals surface area contributed by atoms with Crippen molar-refractivity contribution in [1.29, 1.82) is 0 Å². The molecule has 1 aromatic rings. The van der Waals surface area contributed by atoms with E-state index in [9.17, 15) is 14.7 Å². The Morgan fingerprint density at radius 2 is 2.03 bits per heavy atom. The highest BCUT2D eigenvalue weighted by atomic mass is 16.5. The zero-order valence-corrected chi connectivity index (χ0v) is 18.7. The zero-order valence-electron chi connectivity index (χ0n) is 18.7. The molecule has 0 bridgehead atoms. The van der Waals surface area contributed by atoms with Gasteiger partial charge < -0.3 is 14.9 Å². The number of aliphatic hydroxyl groups is 1. The second kappa shape index (κ2) is 8.68. The number of fused-ring (bicyclic) bond motifs is 5. The first-order chi connectivity index (χ1) is 14.8. The number of benzene rings is 1. The monoisotopic (exact) mass is 426 g/mol. The Labute approximate surface area is 184 Å². The average molecular weight is 427 g/mol. The van der Waals surface area contributed by atoms with E-state index in [1.807, 2.05) is 0 Å². The van der Waals surface area contributed by atoms with Crippen molar-refractivity contribution in [2.24, 2.45) is 17.3 Å². The number of allylic oxidation sites excluding steroid dienone is 2. The number of aliphatic carboxylic acids is 1. The molecule has 3 aliphatic rings. The molecule has 0 aromatic heterocycles. The molecule has 5 nitrogen and oxygen atoms in total. The van der Waals surface area contributed by atoms with E-state index < -0.39 is 5.97 Å². The van der Waals surface area contributed by atoms with Crippen LogP contribution in [0.15, 0.2) is 29.5 Å². The highest BCUT2D eigenvalue weighted by Crippen LogP contribution is 2.62. The number of ether oxygens (including phenoxy) is 1. The van der Waals surface area contributed by atoms with E-state index in [1.54, 1.807) is 0 Å². The van der Waals surface area contributed by atoms with Crippen LogP contribution in [-0.2, 0) is 16.0 Å². The molecule has 5 heteroatoms. The second-order valence-electron chi connectivity index (χ2n) is 9.78. The Bertz CT molecular complexity index is 901. The molecular formula is C26H34O5. The molecule has 4 rings (SSSR count). The normalized spacial score (nSPS) is 29.2. The number of carbonyl (C=O) groups is 2. The van der Waals surface area contributed by atoms with E-state index >= 15 is 0 Å². The van der Waals surface area contributed by atoms with Gasteiger partial charge in [0.2, 0.25) is 0 Å². The summed E-state index contributed by atoms with van der Waals surface area (Å²) in [6, 6.07) is 6.54. The number of rotatable bonds is 8. The van der Waals surface area contributed by atoms with Crippen molar-refractivity contribution < 1.29 is 24.5 Å². The van der Waals surface area contributed by atoms with E-state index in [0.29, 0.717) is 23.8 Å². The fraction of sp³-hybridized carbons (Fsp3) is 0.615. The Hall–Kier alpha value is -2.30. The number of ketones is 1. The van der Waals surface area contributed by atoms with Crippen LogP contribution in [0, 0.1) is 17.3 Å². The maximum absolute atomic E-state index is 12.7. The van der Waals surface area contributed by atoms with E-state index in [4.69, 9.17) is 9.84 Å². The van der Waals surface area contributed by atoms with Crippen LogP contribution in [-0.4, -0.2) is 28.6 Å². The van der Waals surface area contributed by atoms with Gasteiger partial charge in [-0.15, -0.1) is 0 Å². The molecule has 1 fully saturated rings. The van der Waals surface area contributed by atoms with Gasteiger partial charge in [-0.05, 0) is 79.5 Å². The number of carbonyl (C=O) groups excluding carboxylic acids is 1. The minimum absolute atomic E-state index is 0.0325. The van der Waals surface area contributed by atoms with Gasteiger partial charge in [-0.2, -0.15) is 0 Å². The molecule has 1 saturated carbocycles. The highest BCUT2D eigenvalue weighted by molar-refractivity contribution is 5.98. The first kappa shape index (κ1) is 21.9. The summed E-state index contributed by atoms with van der Waals surface area (Å²) in [7, 11) is 0. The van der Waals surface area contributed by atoms with Gasteiger partial charge in [0, 0.05) is 17.4 Å². The number of aliphatic hydroxyl groups excluding tert-OH is 1. The summed E-state index contributed by atoms with van der Waals surface area (Å²) >= 11 is 0. The quantitative estimate of drug-likeness (QED) is 0.530. The number of carboxylic acids is 1. The molecule has 0 aliphatic heterocycles. The first-order valence-corrected chi connectivity index (χ1v) is 11.8. The van der Waals surface area contributed by atoms with Gasteiger partial charge in [0.15, 0.2) is 5.78 Å². The van der Waals surface area contributed by atoms with Crippen molar-refractivity contribution in [3.05, 3.63) is 40.7 Å². The smallest absolute Gasteiger partial charge is 0.303 e. The van der Waals surface area contributed by atoms with Crippen LogP contribution >= 0.6 is 0 Å². The van der Waals surface area contributed by atoms with Crippen molar-refractivity contribution in [2.45, 2.75) is 77.6 Å². The molecule has 3 aliphatic carbocycles. The number of unbranched alkanes of at least 4 members (excludes halogenated alkanes) is 1. The van der Waals surface area contributed by atoms with Gasteiger partial charge in [0.1, 0.15) is 11.5 Å². The summed E-state index contributed by atoms with van der Waals surface area (Å²) in [6.45, 7) is 5.01. The number of hydrogen-bond acceptors (Lipinski definition) is 4. The molecule has 168 valence electrons. The van der Waals surface area contributed by atoms with Crippen LogP contribution < -0.4 is 4.74 Å².